The first-order chi connectivity index (χ1) is 18.8. The average Bonchev–Trinajstić information content (AvgIpc) is 2.96. The fraction of sp³-hybridized carbons (Fsp3) is 0.219. The standard InChI is InChI=1S/C32H29F2NO4.ClH/c1-2-35-20-19-32(37,23-5-13-27(14-6-23)39-29-17-9-25(34)10-18-29)30(21-35)31(36)22-3-11-26(12-4-22)38-28-15-7-24(33)8-16-28;/h3-18,30,37H,2,19-21H2,1H3;1H. The molecule has 1 aliphatic heterocycles. The van der Waals surface area contributed by atoms with Crippen molar-refractivity contribution in [3.63, 3.8) is 0 Å². The van der Waals surface area contributed by atoms with E-state index in [9.17, 15) is 18.7 Å². The lowest BCUT2D eigenvalue weighted by molar-refractivity contribution is -0.0632. The Hall–Kier alpha value is -3.78. The number of carbonyl (C=O) groups excluding carboxylic acids is 1. The van der Waals surface area contributed by atoms with Gasteiger partial charge in [0.25, 0.3) is 0 Å². The van der Waals surface area contributed by atoms with Crippen molar-refractivity contribution in [3.8, 4) is 23.0 Å². The molecule has 0 saturated carbocycles. The topological polar surface area (TPSA) is 59.0 Å². The molecule has 40 heavy (non-hydrogen) atoms. The molecule has 5 rings (SSSR count). The molecule has 1 aliphatic rings. The summed E-state index contributed by atoms with van der Waals surface area (Å²) in [6.07, 6.45) is 0.404. The summed E-state index contributed by atoms with van der Waals surface area (Å²) in [5, 5.41) is 11.9. The fourth-order valence-electron chi connectivity index (χ4n) is 4.91. The fourth-order valence-corrected chi connectivity index (χ4v) is 4.91. The van der Waals surface area contributed by atoms with Gasteiger partial charge >= 0.3 is 0 Å². The molecular formula is C32H30ClF2NO4. The third kappa shape index (κ3) is 6.50. The molecule has 8 heteroatoms. The number of ketones is 1. The van der Waals surface area contributed by atoms with Crippen LogP contribution < -0.4 is 9.47 Å². The van der Waals surface area contributed by atoms with E-state index in [1.165, 1.54) is 36.4 Å². The summed E-state index contributed by atoms with van der Waals surface area (Å²) in [6.45, 7) is 3.90. The van der Waals surface area contributed by atoms with Crippen LogP contribution in [0.25, 0.3) is 0 Å². The van der Waals surface area contributed by atoms with E-state index in [1.807, 2.05) is 6.92 Å². The van der Waals surface area contributed by atoms with E-state index in [-0.39, 0.29) is 29.8 Å². The van der Waals surface area contributed by atoms with Gasteiger partial charge in [-0.25, -0.2) is 8.78 Å². The largest absolute Gasteiger partial charge is 0.457 e. The highest BCUT2D eigenvalue weighted by molar-refractivity contribution is 5.99. The number of aliphatic hydroxyl groups is 1. The maximum Gasteiger partial charge on any atom is 0.170 e. The second-order valence-corrected chi connectivity index (χ2v) is 9.65. The van der Waals surface area contributed by atoms with Gasteiger partial charge in [-0.1, -0.05) is 19.1 Å². The summed E-state index contributed by atoms with van der Waals surface area (Å²) in [6, 6.07) is 25.2. The van der Waals surface area contributed by atoms with E-state index < -0.39 is 11.5 Å². The number of ether oxygens (including phenoxy) is 2. The molecule has 4 aromatic carbocycles. The second kappa shape index (κ2) is 12.6. The number of halogens is 3. The van der Waals surface area contributed by atoms with Crippen LogP contribution in [0.15, 0.2) is 97.1 Å². The zero-order valence-corrected chi connectivity index (χ0v) is 22.7. The van der Waals surface area contributed by atoms with E-state index in [0.29, 0.717) is 53.6 Å². The monoisotopic (exact) mass is 565 g/mol. The third-order valence-electron chi connectivity index (χ3n) is 7.18. The highest BCUT2D eigenvalue weighted by Gasteiger charge is 2.46. The molecule has 1 fully saturated rings. The van der Waals surface area contributed by atoms with Crippen molar-refractivity contribution >= 4 is 18.2 Å². The predicted octanol–water partition coefficient (Wildman–Crippen LogP) is 7.38. The highest BCUT2D eigenvalue weighted by atomic mass is 35.5. The quantitative estimate of drug-likeness (QED) is 0.226. The first kappa shape index (κ1) is 29.2. The molecule has 1 heterocycles. The minimum absolute atomic E-state index is 0. The summed E-state index contributed by atoms with van der Waals surface area (Å²) >= 11 is 0. The Morgan fingerprint density at radius 1 is 0.800 bits per heavy atom. The maximum absolute atomic E-state index is 13.8. The first-order valence-electron chi connectivity index (χ1n) is 12.9. The lowest BCUT2D eigenvalue weighted by Gasteiger charge is -2.44. The lowest BCUT2D eigenvalue weighted by Crippen LogP contribution is -2.53. The smallest absolute Gasteiger partial charge is 0.170 e. The number of hydrogen-bond acceptors (Lipinski definition) is 5. The number of nitrogens with zero attached hydrogens (tertiary/aromatic N) is 1. The maximum atomic E-state index is 13.8. The molecular weight excluding hydrogens is 536 g/mol. The van der Waals surface area contributed by atoms with Crippen molar-refractivity contribution in [3.05, 3.63) is 120 Å². The molecule has 4 aromatic rings. The van der Waals surface area contributed by atoms with Crippen LogP contribution in [0.2, 0.25) is 0 Å². The van der Waals surface area contributed by atoms with E-state index in [0.717, 1.165) is 6.54 Å². The van der Waals surface area contributed by atoms with Gasteiger partial charge < -0.3 is 19.5 Å². The number of piperidine rings is 1. The van der Waals surface area contributed by atoms with Crippen molar-refractivity contribution in [2.75, 3.05) is 19.6 Å². The molecule has 2 unspecified atom stereocenters. The second-order valence-electron chi connectivity index (χ2n) is 9.65. The van der Waals surface area contributed by atoms with E-state index in [1.54, 1.807) is 60.7 Å². The van der Waals surface area contributed by atoms with Crippen molar-refractivity contribution in [2.24, 2.45) is 5.92 Å². The molecule has 2 atom stereocenters. The van der Waals surface area contributed by atoms with Gasteiger partial charge in [-0.3, -0.25) is 4.79 Å². The SMILES string of the molecule is CCN1CCC(O)(c2ccc(Oc3ccc(F)cc3)cc2)C(C(=O)c2ccc(Oc3ccc(F)cc3)cc2)C1.Cl. The molecule has 1 N–H and O–H groups in total. The van der Waals surface area contributed by atoms with Crippen molar-refractivity contribution in [1.29, 1.82) is 0 Å². The number of hydrogen-bond donors (Lipinski definition) is 1. The summed E-state index contributed by atoms with van der Waals surface area (Å²) < 4.78 is 37.9. The van der Waals surface area contributed by atoms with Crippen LogP contribution >= 0.6 is 12.4 Å². The molecule has 1 saturated heterocycles. The summed E-state index contributed by atoms with van der Waals surface area (Å²) in [5.41, 5.74) is -0.251. The van der Waals surface area contributed by atoms with Gasteiger partial charge in [-0.05, 0) is 103 Å². The molecule has 0 aromatic heterocycles. The minimum atomic E-state index is -1.36. The van der Waals surface area contributed by atoms with Gasteiger partial charge in [0, 0.05) is 18.7 Å². The van der Waals surface area contributed by atoms with E-state index in [4.69, 9.17) is 9.47 Å². The van der Waals surface area contributed by atoms with Gasteiger partial charge in [0.15, 0.2) is 5.78 Å². The van der Waals surface area contributed by atoms with Gasteiger partial charge in [-0.2, -0.15) is 0 Å². The van der Waals surface area contributed by atoms with Crippen molar-refractivity contribution in [2.45, 2.75) is 18.9 Å². The minimum Gasteiger partial charge on any atom is -0.457 e. The van der Waals surface area contributed by atoms with E-state index >= 15 is 0 Å². The van der Waals surface area contributed by atoms with Gasteiger partial charge in [0.05, 0.1) is 5.92 Å². The van der Waals surface area contributed by atoms with Crippen LogP contribution in [0, 0.1) is 17.6 Å². The van der Waals surface area contributed by atoms with Gasteiger partial charge in [-0.15, -0.1) is 12.4 Å². The lowest BCUT2D eigenvalue weighted by atomic mass is 9.72. The molecule has 0 amide bonds. The van der Waals surface area contributed by atoms with Gasteiger partial charge in [0.1, 0.15) is 40.2 Å². The molecule has 0 aliphatic carbocycles. The zero-order chi connectivity index (χ0) is 27.4. The van der Waals surface area contributed by atoms with Crippen LogP contribution in [-0.4, -0.2) is 35.4 Å². The Bertz CT molecular complexity index is 1410. The Labute approximate surface area is 238 Å². The zero-order valence-electron chi connectivity index (χ0n) is 21.9. The number of benzene rings is 4. The molecule has 0 radical (unpaired) electrons. The normalized spacial score (nSPS) is 18.9. The number of likely N-dealkylation sites (tertiary alicyclic amines) is 1. The summed E-state index contributed by atoms with van der Waals surface area (Å²) in [7, 11) is 0. The van der Waals surface area contributed by atoms with Crippen LogP contribution in [0.5, 0.6) is 23.0 Å². The summed E-state index contributed by atoms with van der Waals surface area (Å²) in [5.74, 6) is 0.517. The van der Waals surface area contributed by atoms with Crippen LogP contribution in [0.4, 0.5) is 8.78 Å². The average molecular weight is 566 g/mol. The predicted molar refractivity (Wildman–Crippen MR) is 152 cm³/mol. The molecule has 0 spiro atoms. The molecule has 208 valence electrons. The van der Waals surface area contributed by atoms with Gasteiger partial charge in [0.2, 0.25) is 0 Å². The van der Waals surface area contributed by atoms with E-state index in [2.05, 4.69) is 4.90 Å². The Morgan fingerprint density at radius 2 is 1.23 bits per heavy atom. The number of carbonyl (C=O) groups is 1. The van der Waals surface area contributed by atoms with Crippen molar-refractivity contribution < 1.29 is 28.2 Å². The third-order valence-corrected chi connectivity index (χ3v) is 7.18. The molecule has 5 nitrogen and oxygen atoms in total. The molecule has 0 bridgehead atoms. The van der Waals surface area contributed by atoms with Crippen LogP contribution in [0.3, 0.4) is 0 Å². The van der Waals surface area contributed by atoms with Crippen LogP contribution in [-0.2, 0) is 5.60 Å². The Balaban J connectivity index is 0.00000370. The number of rotatable bonds is 8. The summed E-state index contributed by atoms with van der Waals surface area (Å²) in [4.78, 5) is 15.9. The van der Waals surface area contributed by atoms with Crippen LogP contribution in [0.1, 0.15) is 29.3 Å². The first-order valence-corrected chi connectivity index (χ1v) is 12.9. The Kier molecular flexibility index (Phi) is 9.20. The number of Topliss-reactive ketones (excluding diaryl/α,β-unsaturated/α-hetero) is 1. The van der Waals surface area contributed by atoms with Crippen molar-refractivity contribution in [1.82, 2.24) is 4.90 Å². The highest BCUT2D eigenvalue weighted by Crippen LogP contribution is 2.40. The Morgan fingerprint density at radius 3 is 1.68 bits per heavy atom.